The third-order valence-electron chi connectivity index (χ3n) is 2.19. The number of halogens is 1. The Balaban J connectivity index is 2.96. The lowest BCUT2D eigenvalue weighted by molar-refractivity contribution is -0.383. The molecule has 2 aromatic rings. The summed E-state index contributed by atoms with van der Waals surface area (Å²) in [5.74, 6) is -0.534. The SMILES string of the molecule is Cc1cc(F)c2ncccc2c1[N+](=O)[O-]. The first kappa shape index (κ1) is 9.51. The van der Waals surface area contributed by atoms with Crippen LogP contribution in [0, 0.1) is 22.9 Å². The topological polar surface area (TPSA) is 56.0 Å². The maximum Gasteiger partial charge on any atom is 0.281 e. The summed E-state index contributed by atoms with van der Waals surface area (Å²) in [6, 6.07) is 4.18. The number of aryl methyl sites for hydroxylation is 1. The molecule has 1 heterocycles. The van der Waals surface area contributed by atoms with Gasteiger partial charge in [-0.05, 0) is 25.1 Å². The number of nitrogens with zero attached hydrogens (tertiary/aromatic N) is 2. The summed E-state index contributed by atoms with van der Waals surface area (Å²) in [6.07, 6.45) is 1.41. The van der Waals surface area contributed by atoms with E-state index in [1.807, 2.05) is 0 Å². The van der Waals surface area contributed by atoms with E-state index in [0.717, 1.165) is 6.07 Å². The predicted octanol–water partition coefficient (Wildman–Crippen LogP) is 2.59. The fourth-order valence-electron chi connectivity index (χ4n) is 1.57. The molecule has 0 aliphatic heterocycles. The largest absolute Gasteiger partial charge is 0.281 e. The zero-order valence-corrected chi connectivity index (χ0v) is 7.90. The summed E-state index contributed by atoms with van der Waals surface area (Å²) in [4.78, 5) is 14.1. The van der Waals surface area contributed by atoms with E-state index in [0.29, 0.717) is 5.56 Å². The Labute approximate surface area is 84.5 Å². The Kier molecular flexibility index (Phi) is 2.07. The van der Waals surface area contributed by atoms with Crippen LogP contribution in [0.2, 0.25) is 0 Å². The first-order chi connectivity index (χ1) is 7.11. The van der Waals surface area contributed by atoms with Crippen molar-refractivity contribution < 1.29 is 9.31 Å². The van der Waals surface area contributed by atoms with Gasteiger partial charge in [0.25, 0.3) is 5.69 Å². The number of rotatable bonds is 1. The van der Waals surface area contributed by atoms with E-state index in [1.165, 1.54) is 19.2 Å². The second kappa shape index (κ2) is 3.27. The van der Waals surface area contributed by atoms with Crippen LogP contribution < -0.4 is 0 Å². The smallest absolute Gasteiger partial charge is 0.258 e. The van der Waals surface area contributed by atoms with Crippen LogP contribution in [-0.2, 0) is 0 Å². The lowest BCUT2D eigenvalue weighted by atomic mass is 10.1. The Hall–Kier alpha value is -2.04. The number of hydrogen-bond donors (Lipinski definition) is 0. The molecule has 0 unspecified atom stereocenters. The van der Waals surface area contributed by atoms with Gasteiger partial charge in [0.15, 0.2) is 0 Å². The molecular formula is C10H7FN2O2. The molecule has 0 saturated heterocycles. The molecule has 2 rings (SSSR count). The predicted molar refractivity (Wildman–Crippen MR) is 53.1 cm³/mol. The van der Waals surface area contributed by atoms with Crippen LogP contribution in [0.4, 0.5) is 10.1 Å². The first-order valence-electron chi connectivity index (χ1n) is 4.29. The normalized spacial score (nSPS) is 10.5. The number of hydrogen-bond acceptors (Lipinski definition) is 3. The van der Waals surface area contributed by atoms with Crippen molar-refractivity contribution in [3.05, 3.63) is 45.9 Å². The molecule has 0 bridgehead atoms. The van der Waals surface area contributed by atoms with Gasteiger partial charge in [0.1, 0.15) is 11.3 Å². The molecule has 1 aromatic carbocycles. The molecule has 76 valence electrons. The number of benzene rings is 1. The molecule has 15 heavy (non-hydrogen) atoms. The second-order valence-electron chi connectivity index (χ2n) is 3.18. The van der Waals surface area contributed by atoms with Gasteiger partial charge in [-0.1, -0.05) is 0 Å². The molecule has 0 aliphatic carbocycles. The molecule has 0 N–H and O–H groups in total. The Morgan fingerprint density at radius 1 is 1.53 bits per heavy atom. The highest BCUT2D eigenvalue weighted by atomic mass is 19.1. The maximum absolute atomic E-state index is 13.4. The van der Waals surface area contributed by atoms with E-state index < -0.39 is 10.7 Å². The van der Waals surface area contributed by atoms with Gasteiger partial charge in [0.05, 0.1) is 10.3 Å². The molecule has 0 aliphatic rings. The minimum absolute atomic E-state index is 0.0369. The van der Waals surface area contributed by atoms with Crippen molar-refractivity contribution >= 4 is 16.6 Å². The van der Waals surface area contributed by atoms with Crippen LogP contribution >= 0.6 is 0 Å². The van der Waals surface area contributed by atoms with E-state index in [-0.39, 0.29) is 16.6 Å². The molecular weight excluding hydrogens is 199 g/mol. The van der Waals surface area contributed by atoms with Crippen LogP contribution in [0.3, 0.4) is 0 Å². The minimum Gasteiger partial charge on any atom is -0.258 e. The van der Waals surface area contributed by atoms with Crippen molar-refractivity contribution in [2.45, 2.75) is 6.92 Å². The Morgan fingerprint density at radius 2 is 2.27 bits per heavy atom. The van der Waals surface area contributed by atoms with Crippen molar-refractivity contribution in [1.29, 1.82) is 0 Å². The quantitative estimate of drug-likeness (QED) is 0.532. The van der Waals surface area contributed by atoms with Crippen molar-refractivity contribution in [2.75, 3.05) is 0 Å². The first-order valence-corrected chi connectivity index (χ1v) is 4.29. The third kappa shape index (κ3) is 1.41. The van der Waals surface area contributed by atoms with Crippen molar-refractivity contribution in [1.82, 2.24) is 4.98 Å². The lowest BCUT2D eigenvalue weighted by Crippen LogP contribution is -1.96. The van der Waals surface area contributed by atoms with Crippen LogP contribution in [-0.4, -0.2) is 9.91 Å². The zero-order chi connectivity index (χ0) is 11.0. The van der Waals surface area contributed by atoms with Crippen LogP contribution in [0.5, 0.6) is 0 Å². The van der Waals surface area contributed by atoms with E-state index >= 15 is 0 Å². The van der Waals surface area contributed by atoms with Gasteiger partial charge in [-0.3, -0.25) is 15.1 Å². The number of nitro groups is 1. The zero-order valence-electron chi connectivity index (χ0n) is 7.90. The van der Waals surface area contributed by atoms with Gasteiger partial charge >= 0.3 is 0 Å². The molecule has 0 saturated carbocycles. The molecule has 0 radical (unpaired) electrons. The van der Waals surface area contributed by atoms with Gasteiger partial charge in [0, 0.05) is 11.8 Å². The molecule has 0 spiro atoms. The summed E-state index contributed by atoms with van der Waals surface area (Å²) >= 11 is 0. The molecule has 0 atom stereocenters. The Morgan fingerprint density at radius 3 is 2.93 bits per heavy atom. The standard InChI is InChI=1S/C10H7FN2O2/c1-6-5-8(11)9-7(3-2-4-12-9)10(6)13(14)15/h2-5H,1H3. The summed E-state index contributed by atoms with van der Waals surface area (Å²) in [7, 11) is 0. The average molecular weight is 206 g/mol. The van der Waals surface area contributed by atoms with Gasteiger partial charge in [0.2, 0.25) is 0 Å². The van der Waals surface area contributed by atoms with Crippen LogP contribution in [0.25, 0.3) is 10.9 Å². The molecule has 1 aromatic heterocycles. The average Bonchev–Trinajstić information content (AvgIpc) is 2.17. The summed E-state index contributed by atoms with van der Waals surface area (Å²) in [5, 5.41) is 11.0. The van der Waals surface area contributed by atoms with Gasteiger partial charge < -0.3 is 0 Å². The molecule has 0 fully saturated rings. The number of nitro benzene ring substituents is 1. The fraction of sp³-hybridized carbons (Fsp3) is 0.100. The fourth-order valence-corrected chi connectivity index (χ4v) is 1.57. The molecule has 0 amide bonds. The summed E-state index contributed by atoms with van der Waals surface area (Å²) in [5.41, 5.74) is 0.257. The third-order valence-corrected chi connectivity index (χ3v) is 2.19. The van der Waals surface area contributed by atoms with Gasteiger partial charge in [-0.15, -0.1) is 0 Å². The van der Waals surface area contributed by atoms with E-state index in [1.54, 1.807) is 6.07 Å². The molecule has 4 nitrogen and oxygen atoms in total. The van der Waals surface area contributed by atoms with Crippen LogP contribution in [0.1, 0.15) is 5.56 Å². The molecule has 5 heteroatoms. The summed E-state index contributed by atoms with van der Waals surface area (Å²) < 4.78 is 13.4. The number of aromatic nitrogens is 1. The van der Waals surface area contributed by atoms with Crippen molar-refractivity contribution in [3.63, 3.8) is 0 Å². The van der Waals surface area contributed by atoms with E-state index in [9.17, 15) is 14.5 Å². The number of fused-ring (bicyclic) bond motifs is 1. The van der Waals surface area contributed by atoms with Crippen LogP contribution in [0.15, 0.2) is 24.4 Å². The number of pyridine rings is 1. The van der Waals surface area contributed by atoms with Gasteiger partial charge in [-0.2, -0.15) is 0 Å². The maximum atomic E-state index is 13.4. The van der Waals surface area contributed by atoms with Gasteiger partial charge in [-0.25, -0.2) is 4.39 Å². The van der Waals surface area contributed by atoms with E-state index in [2.05, 4.69) is 4.98 Å². The second-order valence-corrected chi connectivity index (χ2v) is 3.18. The highest BCUT2D eigenvalue weighted by Gasteiger charge is 2.18. The highest BCUT2D eigenvalue weighted by Crippen LogP contribution is 2.29. The minimum atomic E-state index is -0.534. The van der Waals surface area contributed by atoms with Crippen molar-refractivity contribution in [2.24, 2.45) is 0 Å². The highest BCUT2D eigenvalue weighted by molar-refractivity contribution is 5.89. The van der Waals surface area contributed by atoms with E-state index in [4.69, 9.17) is 0 Å². The monoisotopic (exact) mass is 206 g/mol. The Bertz CT molecular complexity index is 554. The summed E-state index contributed by atoms with van der Waals surface area (Å²) in [6.45, 7) is 1.51. The van der Waals surface area contributed by atoms with Crippen molar-refractivity contribution in [3.8, 4) is 0 Å². The lowest BCUT2D eigenvalue weighted by Gasteiger charge is -2.02.